The van der Waals surface area contributed by atoms with Crippen LogP contribution in [0.3, 0.4) is 0 Å². The molecular weight excluding hydrogens is 294 g/mol. The number of esters is 1. The van der Waals surface area contributed by atoms with Crippen LogP contribution in [0.15, 0.2) is 30.9 Å². The number of nitrogens with zero attached hydrogens (tertiary/aromatic N) is 5. The molecule has 7 heteroatoms. The Morgan fingerprint density at radius 2 is 1.87 bits per heavy atom. The average Bonchev–Trinajstić information content (AvgIpc) is 3.15. The van der Waals surface area contributed by atoms with Gasteiger partial charge in [-0.3, -0.25) is 4.57 Å². The minimum atomic E-state index is -0.326. The molecule has 122 valence electrons. The number of carbonyl (C=O) groups is 1. The number of hydrogen-bond donors (Lipinski definition) is 0. The summed E-state index contributed by atoms with van der Waals surface area (Å²) in [5.41, 5.74) is 2.33. The standard InChI is InChI=1S/C16H21N5O2/c1-3-19-6-8-20(9-7-19)15-5-4-13(21-11-17-18-12-21)10-14(15)16(22)23-2/h4-5,10-12H,3,6-9H2,1-2H3. The number of aromatic nitrogens is 3. The summed E-state index contributed by atoms with van der Waals surface area (Å²) in [6.07, 6.45) is 3.21. The molecule has 1 fully saturated rings. The van der Waals surface area contributed by atoms with Crippen molar-refractivity contribution in [2.75, 3.05) is 44.7 Å². The summed E-state index contributed by atoms with van der Waals surface area (Å²) in [6.45, 7) is 7.05. The Kier molecular flexibility index (Phi) is 4.57. The Bertz CT molecular complexity index is 663. The zero-order valence-electron chi connectivity index (χ0n) is 13.5. The van der Waals surface area contributed by atoms with Gasteiger partial charge in [-0.05, 0) is 24.7 Å². The lowest BCUT2D eigenvalue weighted by Gasteiger charge is -2.36. The van der Waals surface area contributed by atoms with Gasteiger partial charge in [0.25, 0.3) is 0 Å². The zero-order chi connectivity index (χ0) is 16.2. The van der Waals surface area contributed by atoms with E-state index in [0.717, 1.165) is 44.1 Å². The van der Waals surface area contributed by atoms with Gasteiger partial charge in [-0.2, -0.15) is 0 Å². The average molecular weight is 315 g/mol. The summed E-state index contributed by atoms with van der Waals surface area (Å²) in [4.78, 5) is 16.9. The van der Waals surface area contributed by atoms with Gasteiger partial charge in [-0.15, -0.1) is 10.2 Å². The summed E-state index contributed by atoms with van der Waals surface area (Å²) < 4.78 is 6.73. The molecule has 0 saturated carbocycles. The second-order valence-corrected chi connectivity index (χ2v) is 5.48. The second kappa shape index (κ2) is 6.78. The maximum Gasteiger partial charge on any atom is 0.340 e. The molecule has 3 rings (SSSR count). The third-order valence-corrected chi connectivity index (χ3v) is 4.26. The summed E-state index contributed by atoms with van der Waals surface area (Å²) in [6, 6.07) is 5.78. The van der Waals surface area contributed by atoms with E-state index in [1.165, 1.54) is 7.11 Å². The summed E-state index contributed by atoms with van der Waals surface area (Å²) >= 11 is 0. The third-order valence-electron chi connectivity index (χ3n) is 4.26. The summed E-state index contributed by atoms with van der Waals surface area (Å²) in [7, 11) is 1.41. The Hall–Kier alpha value is -2.41. The van der Waals surface area contributed by atoms with Gasteiger partial charge >= 0.3 is 5.97 Å². The van der Waals surface area contributed by atoms with Crippen molar-refractivity contribution in [2.24, 2.45) is 0 Å². The van der Waals surface area contributed by atoms with Crippen LogP contribution < -0.4 is 4.90 Å². The number of benzene rings is 1. The van der Waals surface area contributed by atoms with Crippen molar-refractivity contribution in [3.63, 3.8) is 0 Å². The molecule has 2 aromatic rings. The van der Waals surface area contributed by atoms with Crippen LogP contribution in [0.1, 0.15) is 17.3 Å². The third kappa shape index (κ3) is 3.19. The van der Waals surface area contributed by atoms with Crippen LogP contribution in [0.5, 0.6) is 0 Å². The predicted octanol–water partition coefficient (Wildman–Crippen LogP) is 1.20. The minimum absolute atomic E-state index is 0.326. The van der Waals surface area contributed by atoms with Crippen molar-refractivity contribution in [1.82, 2.24) is 19.7 Å². The van der Waals surface area contributed by atoms with Crippen molar-refractivity contribution in [3.8, 4) is 5.69 Å². The highest BCUT2D eigenvalue weighted by Gasteiger charge is 2.22. The molecule has 0 N–H and O–H groups in total. The van der Waals surface area contributed by atoms with Gasteiger partial charge in [0.05, 0.1) is 18.4 Å². The van der Waals surface area contributed by atoms with Crippen molar-refractivity contribution < 1.29 is 9.53 Å². The van der Waals surface area contributed by atoms with E-state index in [0.29, 0.717) is 5.56 Å². The van der Waals surface area contributed by atoms with Gasteiger partial charge in [0.15, 0.2) is 0 Å². The fraction of sp³-hybridized carbons (Fsp3) is 0.438. The molecule has 0 amide bonds. The molecule has 0 spiro atoms. The number of methoxy groups -OCH3 is 1. The normalized spacial score (nSPS) is 15.7. The van der Waals surface area contributed by atoms with Crippen molar-refractivity contribution >= 4 is 11.7 Å². The maximum absolute atomic E-state index is 12.2. The lowest BCUT2D eigenvalue weighted by Crippen LogP contribution is -2.46. The van der Waals surface area contributed by atoms with Crippen LogP contribution >= 0.6 is 0 Å². The molecule has 1 saturated heterocycles. The van der Waals surface area contributed by atoms with E-state index in [9.17, 15) is 4.79 Å². The maximum atomic E-state index is 12.2. The number of hydrogen-bond acceptors (Lipinski definition) is 6. The van der Waals surface area contributed by atoms with Gasteiger partial charge in [0.1, 0.15) is 12.7 Å². The molecule has 1 aromatic heterocycles. The number of rotatable bonds is 4. The number of piperazine rings is 1. The molecule has 1 aliphatic heterocycles. The van der Waals surface area contributed by atoms with E-state index >= 15 is 0 Å². The SMILES string of the molecule is CCN1CCN(c2ccc(-n3cnnc3)cc2C(=O)OC)CC1. The Morgan fingerprint density at radius 3 is 2.48 bits per heavy atom. The molecular formula is C16H21N5O2. The highest BCUT2D eigenvalue weighted by atomic mass is 16.5. The Balaban J connectivity index is 1.92. The van der Waals surface area contributed by atoms with E-state index in [2.05, 4.69) is 26.9 Å². The largest absolute Gasteiger partial charge is 0.465 e. The first-order valence-corrected chi connectivity index (χ1v) is 7.77. The van der Waals surface area contributed by atoms with E-state index in [-0.39, 0.29) is 5.97 Å². The number of ether oxygens (including phenoxy) is 1. The van der Waals surface area contributed by atoms with Crippen LogP contribution in [0, 0.1) is 0 Å². The van der Waals surface area contributed by atoms with E-state index < -0.39 is 0 Å². The molecule has 7 nitrogen and oxygen atoms in total. The molecule has 0 aliphatic carbocycles. The van der Waals surface area contributed by atoms with E-state index in [1.807, 2.05) is 18.2 Å². The predicted molar refractivity (Wildman–Crippen MR) is 87.0 cm³/mol. The van der Waals surface area contributed by atoms with Crippen LogP contribution in [-0.4, -0.2) is 65.5 Å². The first kappa shape index (κ1) is 15.5. The van der Waals surface area contributed by atoms with Gasteiger partial charge in [0.2, 0.25) is 0 Å². The van der Waals surface area contributed by atoms with Gasteiger partial charge in [-0.25, -0.2) is 4.79 Å². The van der Waals surface area contributed by atoms with E-state index in [4.69, 9.17) is 4.74 Å². The summed E-state index contributed by atoms with van der Waals surface area (Å²) in [5, 5.41) is 7.61. The number of carbonyl (C=O) groups excluding carboxylic acids is 1. The smallest absolute Gasteiger partial charge is 0.340 e. The molecule has 2 heterocycles. The summed E-state index contributed by atoms with van der Waals surface area (Å²) in [5.74, 6) is -0.326. The van der Waals surface area contributed by atoms with Crippen molar-refractivity contribution in [2.45, 2.75) is 6.92 Å². The van der Waals surface area contributed by atoms with E-state index in [1.54, 1.807) is 17.2 Å². The van der Waals surface area contributed by atoms with Crippen LogP contribution in [-0.2, 0) is 4.74 Å². The molecule has 0 radical (unpaired) electrons. The second-order valence-electron chi connectivity index (χ2n) is 5.48. The highest BCUT2D eigenvalue weighted by molar-refractivity contribution is 5.96. The molecule has 0 unspecified atom stereocenters. The fourth-order valence-electron chi connectivity index (χ4n) is 2.87. The van der Waals surface area contributed by atoms with Crippen molar-refractivity contribution in [1.29, 1.82) is 0 Å². The Morgan fingerprint density at radius 1 is 1.17 bits per heavy atom. The van der Waals surface area contributed by atoms with Crippen LogP contribution in [0.4, 0.5) is 5.69 Å². The van der Waals surface area contributed by atoms with Gasteiger partial charge in [-0.1, -0.05) is 6.92 Å². The first-order valence-electron chi connectivity index (χ1n) is 7.77. The lowest BCUT2D eigenvalue weighted by atomic mass is 10.1. The number of likely N-dealkylation sites (N-methyl/N-ethyl adjacent to an activating group) is 1. The van der Waals surface area contributed by atoms with Gasteiger partial charge in [0, 0.05) is 31.9 Å². The molecule has 0 bridgehead atoms. The first-order chi connectivity index (χ1) is 11.2. The molecule has 23 heavy (non-hydrogen) atoms. The Labute approximate surface area is 135 Å². The zero-order valence-corrected chi connectivity index (χ0v) is 13.5. The van der Waals surface area contributed by atoms with Crippen LogP contribution in [0.2, 0.25) is 0 Å². The lowest BCUT2D eigenvalue weighted by molar-refractivity contribution is 0.0601. The minimum Gasteiger partial charge on any atom is -0.465 e. The highest BCUT2D eigenvalue weighted by Crippen LogP contribution is 2.25. The number of anilines is 1. The molecule has 1 aromatic carbocycles. The quantitative estimate of drug-likeness (QED) is 0.790. The van der Waals surface area contributed by atoms with Crippen molar-refractivity contribution in [3.05, 3.63) is 36.4 Å². The monoisotopic (exact) mass is 315 g/mol. The van der Waals surface area contributed by atoms with Crippen LogP contribution in [0.25, 0.3) is 5.69 Å². The molecule has 0 atom stereocenters. The topological polar surface area (TPSA) is 63.5 Å². The van der Waals surface area contributed by atoms with Gasteiger partial charge < -0.3 is 14.5 Å². The molecule has 1 aliphatic rings. The fourth-order valence-corrected chi connectivity index (χ4v) is 2.87.